The van der Waals surface area contributed by atoms with Crippen LogP contribution in [-0.4, -0.2) is 63.6 Å². The normalized spacial score (nSPS) is 18.4. The van der Waals surface area contributed by atoms with Crippen molar-refractivity contribution in [2.24, 2.45) is 0 Å². The van der Waals surface area contributed by atoms with Crippen molar-refractivity contribution in [3.63, 3.8) is 0 Å². The zero-order chi connectivity index (χ0) is 16.9. The van der Waals surface area contributed by atoms with Crippen LogP contribution >= 0.6 is 0 Å². The van der Waals surface area contributed by atoms with E-state index in [1.165, 1.54) is 4.31 Å². The van der Waals surface area contributed by atoms with Gasteiger partial charge < -0.3 is 9.15 Å². The van der Waals surface area contributed by atoms with Gasteiger partial charge in [-0.25, -0.2) is 4.72 Å². The molecule has 0 amide bonds. The predicted octanol–water partition coefficient (Wildman–Crippen LogP) is 1.14. The van der Waals surface area contributed by atoms with Crippen molar-refractivity contribution in [1.29, 1.82) is 0 Å². The minimum atomic E-state index is -3.47. The number of aryl methyl sites for hydroxylation is 1. The summed E-state index contributed by atoms with van der Waals surface area (Å²) in [5.41, 5.74) is 0. The maximum absolute atomic E-state index is 12.4. The van der Waals surface area contributed by atoms with E-state index in [9.17, 15) is 8.42 Å². The van der Waals surface area contributed by atoms with Gasteiger partial charge in [0.05, 0.1) is 19.3 Å². The van der Waals surface area contributed by atoms with E-state index in [0.717, 1.165) is 24.6 Å². The second kappa shape index (κ2) is 8.25. The second-order valence-corrected chi connectivity index (χ2v) is 7.31. The fourth-order valence-corrected chi connectivity index (χ4v) is 4.00. The molecule has 23 heavy (non-hydrogen) atoms. The molecule has 1 aliphatic rings. The largest absolute Gasteiger partial charge is 0.465 e. The van der Waals surface area contributed by atoms with Crippen molar-refractivity contribution < 1.29 is 17.6 Å². The fraction of sp³-hybridized carbons (Fsp3) is 0.733. The SMILES string of the molecule is CCN(CC)S(=O)(=O)NC[C@@H](c1ccc(C)o1)N1CCOCC1. The third kappa shape index (κ3) is 4.77. The van der Waals surface area contributed by atoms with E-state index in [2.05, 4.69) is 9.62 Å². The molecule has 1 saturated heterocycles. The Labute approximate surface area is 138 Å². The van der Waals surface area contributed by atoms with Crippen LogP contribution in [0.2, 0.25) is 0 Å². The fourth-order valence-electron chi connectivity index (χ4n) is 2.77. The molecule has 2 heterocycles. The van der Waals surface area contributed by atoms with E-state index in [-0.39, 0.29) is 12.6 Å². The van der Waals surface area contributed by atoms with E-state index < -0.39 is 10.2 Å². The smallest absolute Gasteiger partial charge is 0.279 e. The molecule has 1 aliphatic heterocycles. The van der Waals surface area contributed by atoms with Gasteiger partial charge in [0.2, 0.25) is 0 Å². The molecule has 0 spiro atoms. The monoisotopic (exact) mass is 345 g/mol. The van der Waals surface area contributed by atoms with Gasteiger partial charge in [0.15, 0.2) is 0 Å². The average molecular weight is 345 g/mol. The van der Waals surface area contributed by atoms with Crippen LogP contribution in [0.3, 0.4) is 0 Å². The Morgan fingerprint density at radius 2 is 1.91 bits per heavy atom. The number of ether oxygens (including phenoxy) is 1. The molecule has 1 atom stereocenters. The summed E-state index contributed by atoms with van der Waals surface area (Å²) in [7, 11) is -3.47. The van der Waals surface area contributed by atoms with Gasteiger partial charge in [-0.05, 0) is 19.1 Å². The first-order valence-electron chi connectivity index (χ1n) is 8.10. The minimum absolute atomic E-state index is 0.127. The standard InChI is InChI=1S/C15H27N3O4S/c1-4-18(5-2)23(19,20)16-12-14(15-7-6-13(3)22-15)17-8-10-21-11-9-17/h6-7,14,16H,4-5,8-12H2,1-3H3/t14-/m0/s1. The molecule has 8 heteroatoms. The Morgan fingerprint density at radius 3 is 2.43 bits per heavy atom. The first kappa shape index (κ1) is 18.4. The van der Waals surface area contributed by atoms with Gasteiger partial charge in [-0.15, -0.1) is 0 Å². The molecule has 0 radical (unpaired) electrons. The van der Waals surface area contributed by atoms with Gasteiger partial charge in [-0.3, -0.25) is 4.90 Å². The van der Waals surface area contributed by atoms with Gasteiger partial charge in [-0.2, -0.15) is 12.7 Å². The van der Waals surface area contributed by atoms with E-state index in [1.807, 2.05) is 32.9 Å². The van der Waals surface area contributed by atoms with Gasteiger partial charge >= 0.3 is 0 Å². The van der Waals surface area contributed by atoms with Gasteiger partial charge in [0.1, 0.15) is 11.5 Å². The van der Waals surface area contributed by atoms with E-state index in [0.29, 0.717) is 26.3 Å². The van der Waals surface area contributed by atoms with Crippen LogP contribution in [0.5, 0.6) is 0 Å². The van der Waals surface area contributed by atoms with E-state index in [1.54, 1.807) is 0 Å². The molecule has 1 aromatic heterocycles. The van der Waals surface area contributed by atoms with Crippen molar-refractivity contribution in [3.05, 3.63) is 23.7 Å². The lowest BCUT2D eigenvalue weighted by Crippen LogP contribution is -2.47. The number of hydrogen-bond donors (Lipinski definition) is 1. The summed E-state index contributed by atoms with van der Waals surface area (Å²) >= 11 is 0. The first-order chi connectivity index (χ1) is 11.0. The highest BCUT2D eigenvalue weighted by Crippen LogP contribution is 2.23. The van der Waals surface area contributed by atoms with Crippen LogP contribution < -0.4 is 4.72 Å². The summed E-state index contributed by atoms with van der Waals surface area (Å²) in [6.07, 6.45) is 0. The van der Waals surface area contributed by atoms with Crippen LogP contribution in [0.1, 0.15) is 31.4 Å². The van der Waals surface area contributed by atoms with Gasteiger partial charge in [-0.1, -0.05) is 13.8 Å². The van der Waals surface area contributed by atoms with E-state index in [4.69, 9.17) is 9.15 Å². The molecule has 0 saturated carbocycles. The molecule has 7 nitrogen and oxygen atoms in total. The Hall–Kier alpha value is -0.930. The predicted molar refractivity (Wildman–Crippen MR) is 88.4 cm³/mol. The molecule has 0 bridgehead atoms. The number of morpholine rings is 1. The molecule has 0 unspecified atom stereocenters. The summed E-state index contributed by atoms with van der Waals surface area (Å²) in [5.74, 6) is 1.61. The van der Waals surface area contributed by atoms with Crippen LogP contribution in [0.15, 0.2) is 16.5 Å². The Morgan fingerprint density at radius 1 is 1.26 bits per heavy atom. The summed E-state index contributed by atoms with van der Waals surface area (Å²) in [6.45, 7) is 9.57. The number of hydrogen-bond acceptors (Lipinski definition) is 5. The van der Waals surface area contributed by atoms with Crippen molar-refractivity contribution in [2.45, 2.75) is 26.8 Å². The molecular formula is C15H27N3O4S. The zero-order valence-corrected chi connectivity index (χ0v) is 14.9. The minimum Gasteiger partial charge on any atom is -0.465 e. The average Bonchev–Trinajstić information content (AvgIpc) is 2.95. The van der Waals surface area contributed by atoms with Crippen molar-refractivity contribution in [1.82, 2.24) is 13.9 Å². The Kier molecular flexibility index (Phi) is 6.60. The Balaban J connectivity index is 2.11. The molecular weight excluding hydrogens is 318 g/mol. The zero-order valence-electron chi connectivity index (χ0n) is 14.1. The second-order valence-electron chi connectivity index (χ2n) is 5.55. The van der Waals surface area contributed by atoms with Crippen LogP contribution in [0.4, 0.5) is 0 Å². The highest BCUT2D eigenvalue weighted by Gasteiger charge is 2.28. The molecule has 0 aromatic carbocycles. The third-order valence-corrected chi connectivity index (χ3v) is 5.81. The van der Waals surface area contributed by atoms with E-state index >= 15 is 0 Å². The first-order valence-corrected chi connectivity index (χ1v) is 9.54. The summed E-state index contributed by atoms with van der Waals surface area (Å²) < 4.78 is 40.0. The van der Waals surface area contributed by atoms with Crippen molar-refractivity contribution >= 4 is 10.2 Å². The molecule has 132 valence electrons. The lowest BCUT2D eigenvalue weighted by atomic mass is 10.2. The molecule has 1 N–H and O–H groups in total. The quantitative estimate of drug-likeness (QED) is 0.765. The summed E-state index contributed by atoms with van der Waals surface area (Å²) in [4.78, 5) is 2.20. The van der Waals surface area contributed by atoms with Crippen LogP contribution in [-0.2, 0) is 14.9 Å². The van der Waals surface area contributed by atoms with Crippen LogP contribution in [0, 0.1) is 6.92 Å². The number of furan rings is 1. The number of nitrogens with one attached hydrogen (secondary N) is 1. The maximum atomic E-state index is 12.4. The third-order valence-electron chi connectivity index (χ3n) is 4.08. The van der Waals surface area contributed by atoms with Gasteiger partial charge in [0, 0.05) is 32.7 Å². The van der Waals surface area contributed by atoms with Crippen molar-refractivity contribution in [2.75, 3.05) is 45.9 Å². The summed E-state index contributed by atoms with van der Waals surface area (Å²) in [5, 5.41) is 0. The molecule has 1 aromatic rings. The maximum Gasteiger partial charge on any atom is 0.279 e. The van der Waals surface area contributed by atoms with Gasteiger partial charge in [0.25, 0.3) is 10.2 Å². The topological polar surface area (TPSA) is 75.0 Å². The molecule has 1 fully saturated rings. The molecule has 2 rings (SSSR count). The lowest BCUT2D eigenvalue weighted by molar-refractivity contribution is 0.0126. The lowest BCUT2D eigenvalue weighted by Gasteiger charge is -2.33. The van der Waals surface area contributed by atoms with Crippen LogP contribution in [0.25, 0.3) is 0 Å². The molecule has 0 aliphatic carbocycles. The number of rotatable bonds is 8. The summed E-state index contributed by atoms with van der Waals surface area (Å²) in [6, 6.07) is 3.70. The Bertz CT molecular complexity index is 577. The highest BCUT2D eigenvalue weighted by molar-refractivity contribution is 7.87. The van der Waals surface area contributed by atoms with Crippen molar-refractivity contribution in [3.8, 4) is 0 Å². The highest BCUT2D eigenvalue weighted by atomic mass is 32.2. The number of nitrogens with zero attached hydrogens (tertiary/aromatic N) is 2.